The maximum absolute atomic E-state index is 13.1. The number of carbonyl (C=O) groups is 2. The molecule has 0 saturated carbocycles. The van der Waals surface area contributed by atoms with E-state index in [0.29, 0.717) is 28.9 Å². The van der Waals surface area contributed by atoms with Crippen LogP contribution in [0.4, 0.5) is 5.00 Å². The van der Waals surface area contributed by atoms with E-state index in [1.165, 1.54) is 28.0 Å². The largest absolute Gasteiger partial charge is 0.462 e. The van der Waals surface area contributed by atoms with Gasteiger partial charge in [-0.2, -0.15) is 0 Å². The molecule has 10 heteroatoms. The third-order valence-electron chi connectivity index (χ3n) is 7.30. The van der Waals surface area contributed by atoms with Crippen LogP contribution in [-0.2, 0) is 28.9 Å². The Balaban J connectivity index is 1.26. The number of para-hydroxylation sites is 1. The Morgan fingerprint density at radius 1 is 1.02 bits per heavy atom. The van der Waals surface area contributed by atoms with Gasteiger partial charge in [0.25, 0.3) is 0 Å². The van der Waals surface area contributed by atoms with Crippen LogP contribution in [0.15, 0.2) is 65.8 Å². The third kappa shape index (κ3) is 5.56. The number of carbonyl (C=O) groups excluding carboxylic acids is 2. The number of amides is 1. The van der Waals surface area contributed by atoms with Gasteiger partial charge in [-0.25, -0.2) is 9.78 Å². The van der Waals surface area contributed by atoms with Crippen LogP contribution in [-0.4, -0.2) is 44.0 Å². The van der Waals surface area contributed by atoms with Crippen molar-refractivity contribution in [3.63, 3.8) is 0 Å². The third-order valence-corrected chi connectivity index (χ3v) is 9.47. The summed E-state index contributed by atoms with van der Waals surface area (Å²) in [6.45, 7) is 4.76. The summed E-state index contributed by atoms with van der Waals surface area (Å²) in [6, 6.07) is 20.2. The minimum absolute atomic E-state index is 0.134. The minimum Gasteiger partial charge on any atom is -0.462 e. The topological polar surface area (TPSA) is 99.0 Å². The molecule has 3 aromatic heterocycles. The number of aromatic nitrogens is 4. The van der Waals surface area contributed by atoms with Crippen molar-refractivity contribution in [2.45, 2.75) is 51.2 Å². The molecular weight excluding hydrogens is 567 g/mol. The minimum atomic E-state index is -0.366. The number of anilines is 1. The summed E-state index contributed by atoms with van der Waals surface area (Å²) in [5.41, 5.74) is 5.25. The number of rotatable bonds is 9. The van der Waals surface area contributed by atoms with E-state index in [9.17, 15) is 9.59 Å². The van der Waals surface area contributed by atoms with E-state index in [1.807, 2.05) is 66.1 Å². The van der Waals surface area contributed by atoms with Crippen molar-refractivity contribution in [3.8, 4) is 22.6 Å². The molecule has 214 valence electrons. The summed E-state index contributed by atoms with van der Waals surface area (Å²) >= 11 is 2.82. The Morgan fingerprint density at radius 2 is 1.81 bits per heavy atom. The highest BCUT2D eigenvalue weighted by molar-refractivity contribution is 7.99. The van der Waals surface area contributed by atoms with Crippen molar-refractivity contribution in [1.29, 1.82) is 0 Å². The molecule has 0 fully saturated rings. The van der Waals surface area contributed by atoms with Crippen LogP contribution in [0.25, 0.3) is 33.5 Å². The number of fused-ring (bicyclic) bond motifs is 2. The van der Waals surface area contributed by atoms with Crippen LogP contribution in [0.3, 0.4) is 0 Å². The molecule has 0 atom stereocenters. The number of ether oxygens (including phenoxy) is 1. The van der Waals surface area contributed by atoms with Crippen LogP contribution in [0, 0.1) is 0 Å². The maximum Gasteiger partial charge on any atom is 0.341 e. The van der Waals surface area contributed by atoms with Gasteiger partial charge in [-0.3, -0.25) is 4.79 Å². The first-order chi connectivity index (χ1) is 20.6. The molecular formula is C32H31N5O3S2. The standard InChI is InChI=1S/C32H31N5O3S2/c1-3-37-29(23-18-25(20-12-6-5-7-13-20)33-24-16-10-8-14-21(23)24)35-36-32(37)41-19-27(38)34-30-28(31(39)40-4-2)22-15-9-11-17-26(22)42-30/h5-8,10,12-14,16,18H,3-4,9,11,15,17,19H2,1-2H3,(H,34,38). The molecule has 42 heavy (non-hydrogen) atoms. The van der Waals surface area contributed by atoms with Gasteiger partial charge < -0.3 is 14.6 Å². The zero-order chi connectivity index (χ0) is 29.1. The van der Waals surface area contributed by atoms with Crippen LogP contribution in [0.2, 0.25) is 0 Å². The Labute approximate surface area is 252 Å². The van der Waals surface area contributed by atoms with Gasteiger partial charge in [0.1, 0.15) is 5.00 Å². The molecule has 0 spiro atoms. The lowest BCUT2D eigenvalue weighted by Gasteiger charge is -2.12. The Hall–Kier alpha value is -4.02. The molecule has 1 amide bonds. The highest BCUT2D eigenvalue weighted by Crippen LogP contribution is 2.39. The number of hydrogen-bond donors (Lipinski definition) is 1. The van der Waals surface area contributed by atoms with Crippen molar-refractivity contribution < 1.29 is 14.3 Å². The molecule has 0 aliphatic heterocycles. The van der Waals surface area contributed by atoms with Crippen molar-refractivity contribution in [2.75, 3.05) is 17.7 Å². The summed E-state index contributed by atoms with van der Waals surface area (Å²) in [5, 5.41) is 14.3. The van der Waals surface area contributed by atoms with Crippen molar-refractivity contribution in [3.05, 3.63) is 76.7 Å². The average molecular weight is 598 g/mol. The fourth-order valence-electron chi connectivity index (χ4n) is 5.36. The van der Waals surface area contributed by atoms with Gasteiger partial charge in [0.15, 0.2) is 11.0 Å². The number of aryl methyl sites for hydroxylation is 1. The molecule has 5 aromatic rings. The normalized spacial score (nSPS) is 12.7. The first-order valence-electron chi connectivity index (χ1n) is 14.2. The first-order valence-corrected chi connectivity index (χ1v) is 16.0. The average Bonchev–Trinajstić information content (AvgIpc) is 3.60. The second-order valence-electron chi connectivity index (χ2n) is 9.96. The van der Waals surface area contributed by atoms with E-state index < -0.39 is 0 Å². The van der Waals surface area contributed by atoms with Gasteiger partial charge in [0, 0.05) is 27.9 Å². The lowest BCUT2D eigenvalue weighted by atomic mass is 9.95. The van der Waals surface area contributed by atoms with Gasteiger partial charge in [0.05, 0.1) is 29.1 Å². The predicted octanol–water partition coefficient (Wildman–Crippen LogP) is 7.03. The zero-order valence-corrected chi connectivity index (χ0v) is 25.2. The molecule has 0 radical (unpaired) electrons. The molecule has 0 saturated heterocycles. The number of benzene rings is 2. The van der Waals surface area contributed by atoms with Crippen LogP contribution < -0.4 is 5.32 Å². The van der Waals surface area contributed by atoms with Crippen molar-refractivity contribution >= 4 is 50.9 Å². The van der Waals surface area contributed by atoms with E-state index in [2.05, 4.69) is 21.6 Å². The lowest BCUT2D eigenvalue weighted by Crippen LogP contribution is -2.17. The molecule has 6 rings (SSSR count). The molecule has 2 aromatic carbocycles. The van der Waals surface area contributed by atoms with E-state index in [4.69, 9.17) is 9.72 Å². The number of nitrogens with one attached hydrogen (secondary N) is 1. The number of esters is 1. The number of pyridine rings is 1. The Bertz CT molecular complexity index is 1760. The number of nitrogens with zero attached hydrogens (tertiary/aromatic N) is 4. The maximum atomic E-state index is 13.1. The summed E-state index contributed by atoms with van der Waals surface area (Å²) in [5.74, 6) is 0.299. The molecule has 8 nitrogen and oxygen atoms in total. The second-order valence-corrected chi connectivity index (χ2v) is 12.0. The van der Waals surface area contributed by atoms with E-state index in [0.717, 1.165) is 64.8 Å². The highest BCUT2D eigenvalue weighted by atomic mass is 32.2. The fourth-order valence-corrected chi connectivity index (χ4v) is 7.46. The summed E-state index contributed by atoms with van der Waals surface area (Å²) < 4.78 is 7.36. The number of hydrogen-bond acceptors (Lipinski definition) is 8. The van der Waals surface area contributed by atoms with Gasteiger partial charge in [-0.05, 0) is 57.2 Å². The highest BCUT2D eigenvalue weighted by Gasteiger charge is 2.27. The number of thiophene rings is 1. The van der Waals surface area contributed by atoms with Crippen molar-refractivity contribution in [1.82, 2.24) is 19.7 Å². The summed E-state index contributed by atoms with van der Waals surface area (Å²) in [7, 11) is 0. The van der Waals surface area contributed by atoms with Gasteiger partial charge in [-0.15, -0.1) is 21.5 Å². The first kappa shape index (κ1) is 28.1. The van der Waals surface area contributed by atoms with Gasteiger partial charge >= 0.3 is 5.97 Å². The molecule has 0 unspecified atom stereocenters. The molecule has 1 aliphatic carbocycles. The molecule has 1 N–H and O–H groups in total. The zero-order valence-electron chi connectivity index (χ0n) is 23.6. The van der Waals surface area contributed by atoms with Gasteiger partial charge in [0.2, 0.25) is 5.91 Å². The SMILES string of the molecule is CCOC(=O)c1c(NC(=O)CSc2nnc(-c3cc(-c4ccccc4)nc4ccccc34)n2CC)sc2c1CCCC2. The van der Waals surface area contributed by atoms with Crippen LogP contribution in [0.5, 0.6) is 0 Å². The van der Waals surface area contributed by atoms with E-state index in [1.54, 1.807) is 6.92 Å². The lowest BCUT2D eigenvalue weighted by molar-refractivity contribution is -0.113. The predicted molar refractivity (Wildman–Crippen MR) is 168 cm³/mol. The quantitative estimate of drug-likeness (QED) is 0.144. The fraction of sp³-hybridized carbons (Fsp3) is 0.281. The Morgan fingerprint density at radius 3 is 2.62 bits per heavy atom. The molecule has 3 heterocycles. The van der Waals surface area contributed by atoms with E-state index >= 15 is 0 Å². The summed E-state index contributed by atoms with van der Waals surface area (Å²) in [4.78, 5) is 32.0. The second kappa shape index (κ2) is 12.5. The van der Waals surface area contributed by atoms with Gasteiger partial charge in [-0.1, -0.05) is 60.3 Å². The number of thioether (sulfide) groups is 1. The van der Waals surface area contributed by atoms with Crippen LogP contribution >= 0.6 is 23.1 Å². The Kier molecular flexibility index (Phi) is 8.34. The molecule has 1 aliphatic rings. The summed E-state index contributed by atoms with van der Waals surface area (Å²) in [6.07, 6.45) is 3.89. The van der Waals surface area contributed by atoms with E-state index in [-0.39, 0.29) is 17.6 Å². The molecule has 0 bridgehead atoms. The smallest absolute Gasteiger partial charge is 0.341 e. The van der Waals surface area contributed by atoms with Crippen molar-refractivity contribution in [2.24, 2.45) is 0 Å². The monoisotopic (exact) mass is 597 g/mol. The van der Waals surface area contributed by atoms with Crippen LogP contribution in [0.1, 0.15) is 47.5 Å².